The molecule has 0 aliphatic heterocycles. The van der Waals surface area contributed by atoms with Crippen LogP contribution in [0.3, 0.4) is 0 Å². The van der Waals surface area contributed by atoms with Crippen LogP contribution in [0.1, 0.15) is 18.4 Å². The molecule has 0 aliphatic carbocycles. The second-order valence-electron chi connectivity index (χ2n) is 3.33. The summed E-state index contributed by atoms with van der Waals surface area (Å²) in [6.45, 7) is 2.87. The molecule has 0 saturated carbocycles. The Morgan fingerprint density at radius 2 is 1.92 bits per heavy atom. The van der Waals surface area contributed by atoms with Crippen molar-refractivity contribution in [2.24, 2.45) is 5.73 Å². The summed E-state index contributed by atoms with van der Waals surface area (Å²) in [5.41, 5.74) is 7.00. The Hall–Kier alpha value is -0.860. The summed E-state index contributed by atoms with van der Waals surface area (Å²) in [6, 6.07) is 10.8. The summed E-state index contributed by atoms with van der Waals surface area (Å²) < 4.78 is 0. The van der Waals surface area contributed by atoms with Crippen LogP contribution in [0.4, 0.5) is 0 Å². The van der Waals surface area contributed by atoms with Gasteiger partial charge in [-0.25, -0.2) is 0 Å². The molecular formula is C11H18N2. The number of nitrogens with one attached hydrogen (secondary N) is 1. The van der Waals surface area contributed by atoms with Crippen molar-refractivity contribution in [2.75, 3.05) is 13.6 Å². The van der Waals surface area contributed by atoms with E-state index in [2.05, 4.69) is 36.5 Å². The predicted molar refractivity (Wildman–Crippen MR) is 56.8 cm³/mol. The van der Waals surface area contributed by atoms with Gasteiger partial charge in [0.25, 0.3) is 0 Å². The molecule has 0 spiro atoms. The zero-order valence-corrected chi connectivity index (χ0v) is 8.33. The number of hydrogen-bond donors (Lipinski definition) is 2. The molecule has 0 radical (unpaired) electrons. The number of nitrogens with two attached hydrogens (primary N) is 1. The quantitative estimate of drug-likeness (QED) is 0.730. The normalized spacial score (nSPS) is 15.3. The Balaban J connectivity index is 2.72. The molecular weight excluding hydrogens is 160 g/mol. The van der Waals surface area contributed by atoms with Crippen LogP contribution >= 0.6 is 0 Å². The van der Waals surface area contributed by atoms with Crippen molar-refractivity contribution >= 4 is 0 Å². The van der Waals surface area contributed by atoms with E-state index in [0.29, 0.717) is 18.5 Å². The van der Waals surface area contributed by atoms with Gasteiger partial charge >= 0.3 is 0 Å². The van der Waals surface area contributed by atoms with E-state index in [1.165, 1.54) is 5.56 Å². The van der Waals surface area contributed by atoms with Crippen molar-refractivity contribution in [3.05, 3.63) is 35.9 Å². The minimum atomic E-state index is 0.363. The Morgan fingerprint density at radius 3 is 2.38 bits per heavy atom. The molecule has 2 unspecified atom stereocenters. The number of likely N-dealkylation sites (N-methyl/N-ethyl adjacent to an activating group) is 1. The molecule has 0 heterocycles. The van der Waals surface area contributed by atoms with Crippen molar-refractivity contribution < 1.29 is 0 Å². The highest BCUT2D eigenvalue weighted by molar-refractivity contribution is 5.20. The van der Waals surface area contributed by atoms with Gasteiger partial charge in [0.05, 0.1) is 0 Å². The average Bonchev–Trinajstić information content (AvgIpc) is 2.21. The van der Waals surface area contributed by atoms with E-state index >= 15 is 0 Å². The Morgan fingerprint density at radius 1 is 1.31 bits per heavy atom. The third-order valence-corrected chi connectivity index (χ3v) is 2.55. The van der Waals surface area contributed by atoms with Crippen LogP contribution in [-0.4, -0.2) is 19.6 Å². The van der Waals surface area contributed by atoms with Crippen molar-refractivity contribution in [3.8, 4) is 0 Å². The van der Waals surface area contributed by atoms with Crippen molar-refractivity contribution in [2.45, 2.75) is 18.9 Å². The fourth-order valence-electron chi connectivity index (χ4n) is 1.56. The molecule has 3 N–H and O–H groups in total. The minimum Gasteiger partial charge on any atom is -0.329 e. The first-order valence-electron chi connectivity index (χ1n) is 4.72. The molecule has 1 rings (SSSR count). The molecule has 13 heavy (non-hydrogen) atoms. The van der Waals surface area contributed by atoms with Gasteiger partial charge in [-0.2, -0.15) is 0 Å². The van der Waals surface area contributed by atoms with Gasteiger partial charge in [0, 0.05) is 12.6 Å². The van der Waals surface area contributed by atoms with Gasteiger partial charge in [0.2, 0.25) is 0 Å². The maximum Gasteiger partial charge on any atom is 0.0253 e. The van der Waals surface area contributed by atoms with Gasteiger partial charge in [0.15, 0.2) is 0 Å². The zero-order chi connectivity index (χ0) is 9.68. The average molecular weight is 178 g/mol. The van der Waals surface area contributed by atoms with E-state index < -0.39 is 0 Å². The summed E-state index contributed by atoms with van der Waals surface area (Å²) in [5, 5.41) is 3.22. The van der Waals surface area contributed by atoms with E-state index in [-0.39, 0.29) is 0 Å². The number of rotatable bonds is 4. The second-order valence-corrected chi connectivity index (χ2v) is 3.33. The van der Waals surface area contributed by atoms with Crippen LogP contribution in [0.15, 0.2) is 30.3 Å². The van der Waals surface area contributed by atoms with Gasteiger partial charge in [-0.3, -0.25) is 0 Å². The summed E-state index contributed by atoms with van der Waals surface area (Å²) in [4.78, 5) is 0. The molecule has 72 valence electrons. The van der Waals surface area contributed by atoms with Crippen molar-refractivity contribution in [1.29, 1.82) is 0 Å². The lowest BCUT2D eigenvalue weighted by molar-refractivity contribution is 0.494. The molecule has 2 heteroatoms. The predicted octanol–water partition coefficient (Wildman–Crippen LogP) is 1.34. The lowest BCUT2D eigenvalue weighted by atomic mass is 9.93. The lowest BCUT2D eigenvalue weighted by Crippen LogP contribution is -2.37. The molecule has 0 saturated heterocycles. The fourth-order valence-corrected chi connectivity index (χ4v) is 1.56. The van der Waals surface area contributed by atoms with Crippen molar-refractivity contribution in [1.82, 2.24) is 5.32 Å². The molecule has 0 aliphatic rings. The first-order valence-corrected chi connectivity index (χ1v) is 4.72. The van der Waals surface area contributed by atoms with Gasteiger partial charge in [-0.1, -0.05) is 37.3 Å². The second kappa shape index (κ2) is 5.00. The smallest absolute Gasteiger partial charge is 0.0253 e. The zero-order valence-electron chi connectivity index (χ0n) is 8.33. The monoisotopic (exact) mass is 178 g/mol. The molecule has 2 atom stereocenters. The first-order chi connectivity index (χ1) is 6.29. The Labute approximate surface area is 80.1 Å². The third kappa shape index (κ3) is 2.54. The molecule has 1 aromatic carbocycles. The molecule has 2 nitrogen and oxygen atoms in total. The van der Waals surface area contributed by atoms with E-state index in [4.69, 9.17) is 5.73 Å². The Kier molecular flexibility index (Phi) is 3.93. The largest absolute Gasteiger partial charge is 0.329 e. The maximum atomic E-state index is 5.66. The number of hydrogen-bond acceptors (Lipinski definition) is 2. The van der Waals surface area contributed by atoms with Crippen LogP contribution in [0.25, 0.3) is 0 Å². The van der Waals surface area contributed by atoms with E-state index in [1.54, 1.807) is 0 Å². The first kappa shape index (κ1) is 10.2. The summed E-state index contributed by atoms with van der Waals surface area (Å²) in [6.07, 6.45) is 0. The van der Waals surface area contributed by atoms with Crippen molar-refractivity contribution in [3.63, 3.8) is 0 Å². The van der Waals surface area contributed by atoms with Crippen LogP contribution in [0, 0.1) is 0 Å². The Bertz CT molecular complexity index is 229. The van der Waals surface area contributed by atoms with Gasteiger partial charge in [-0.05, 0) is 18.5 Å². The topological polar surface area (TPSA) is 38.0 Å². The van der Waals surface area contributed by atoms with Crippen LogP contribution in [-0.2, 0) is 0 Å². The maximum absolute atomic E-state index is 5.66. The summed E-state index contributed by atoms with van der Waals surface area (Å²) in [5.74, 6) is 0.469. The van der Waals surface area contributed by atoms with Crippen LogP contribution in [0.5, 0.6) is 0 Å². The highest BCUT2D eigenvalue weighted by Gasteiger charge is 2.14. The lowest BCUT2D eigenvalue weighted by Gasteiger charge is -2.22. The van der Waals surface area contributed by atoms with E-state index in [0.717, 1.165) is 0 Å². The van der Waals surface area contributed by atoms with Gasteiger partial charge in [-0.15, -0.1) is 0 Å². The molecule has 0 amide bonds. The molecule has 0 aromatic heterocycles. The van der Waals surface area contributed by atoms with E-state index in [1.807, 2.05) is 13.1 Å². The fraction of sp³-hybridized carbons (Fsp3) is 0.455. The SMILES string of the molecule is CNC(CN)C(C)c1ccccc1. The van der Waals surface area contributed by atoms with Gasteiger partial charge in [0.1, 0.15) is 0 Å². The van der Waals surface area contributed by atoms with Gasteiger partial charge < -0.3 is 11.1 Å². The van der Waals surface area contributed by atoms with E-state index in [9.17, 15) is 0 Å². The molecule has 1 aromatic rings. The molecule has 0 fully saturated rings. The van der Waals surface area contributed by atoms with Crippen LogP contribution < -0.4 is 11.1 Å². The minimum absolute atomic E-state index is 0.363. The summed E-state index contributed by atoms with van der Waals surface area (Å²) in [7, 11) is 1.96. The third-order valence-electron chi connectivity index (χ3n) is 2.55. The van der Waals surface area contributed by atoms with Crippen LogP contribution in [0.2, 0.25) is 0 Å². The standard InChI is InChI=1S/C11H18N2/c1-9(11(8-12)13-2)10-6-4-3-5-7-10/h3-7,9,11,13H,8,12H2,1-2H3. The highest BCUT2D eigenvalue weighted by Crippen LogP contribution is 2.17. The highest BCUT2D eigenvalue weighted by atomic mass is 14.9. The number of benzene rings is 1. The molecule has 0 bridgehead atoms. The summed E-state index contributed by atoms with van der Waals surface area (Å²) >= 11 is 0.